The van der Waals surface area contributed by atoms with Gasteiger partial charge < -0.3 is 15.7 Å². The molecular weight excluding hydrogens is 264 g/mol. The monoisotopic (exact) mass is 292 g/mol. The van der Waals surface area contributed by atoms with E-state index in [0.29, 0.717) is 18.9 Å². The van der Waals surface area contributed by atoms with Crippen LogP contribution in [0.1, 0.15) is 45.2 Å². The first kappa shape index (κ1) is 17.5. The van der Waals surface area contributed by atoms with Crippen molar-refractivity contribution in [3.8, 4) is 5.75 Å². The van der Waals surface area contributed by atoms with E-state index in [1.807, 2.05) is 19.1 Å². The Kier molecular flexibility index (Phi) is 6.69. The van der Waals surface area contributed by atoms with Crippen molar-refractivity contribution in [3.05, 3.63) is 29.8 Å². The molecule has 2 unspecified atom stereocenters. The molecule has 4 heteroatoms. The van der Waals surface area contributed by atoms with Crippen LogP contribution in [-0.4, -0.2) is 29.5 Å². The van der Waals surface area contributed by atoms with Gasteiger partial charge in [-0.2, -0.15) is 0 Å². The molecule has 0 aromatic heterocycles. The lowest BCUT2D eigenvalue weighted by Crippen LogP contribution is -2.33. The zero-order chi connectivity index (χ0) is 16.0. The minimum Gasteiger partial charge on any atom is -0.508 e. The van der Waals surface area contributed by atoms with Gasteiger partial charge in [0.2, 0.25) is 5.91 Å². The zero-order valence-electron chi connectivity index (χ0n) is 13.5. The summed E-state index contributed by atoms with van der Waals surface area (Å²) >= 11 is 0. The minimum absolute atomic E-state index is 0.0712. The van der Waals surface area contributed by atoms with Gasteiger partial charge in [0.1, 0.15) is 5.75 Å². The van der Waals surface area contributed by atoms with Crippen molar-refractivity contribution in [3.63, 3.8) is 0 Å². The predicted octanol–water partition coefficient (Wildman–Crippen LogP) is 2.92. The van der Waals surface area contributed by atoms with Crippen molar-refractivity contribution in [1.82, 2.24) is 4.90 Å². The molecule has 0 radical (unpaired) electrons. The molecule has 1 aromatic carbocycles. The highest BCUT2D eigenvalue weighted by Gasteiger charge is 2.22. The molecule has 1 aromatic rings. The van der Waals surface area contributed by atoms with Gasteiger partial charge in [0.25, 0.3) is 0 Å². The number of nitrogens with zero attached hydrogens (tertiary/aromatic N) is 1. The second-order valence-corrected chi connectivity index (χ2v) is 6.17. The second kappa shape index (κ2) is 8.03. The van der Waals surface area contributed by atoms with Gasteiger partial charge in [0, 0.05) is 19.0 Å². The number of nitrogens with two attached hydrogens (primary N) is 1. The van der Waals surface area contributed by atoms with Crippen LogP contribution in [0.25, 0.3) is 0 Å². The van der Waals surface area contributed by atoms with Gasteiger partial charge in [-0.1, -0.05) is 32.0 Å². The molecule has 0 aliphatic heterocycles. The van der Waals surface area contributed by atoms with Gasteiger partial charge in [-0.25, -0.2) is 0 Å². The Bertz CT molecular complexity index is 460. The normalized spacial score (nSPS) is 14.0. The van der Waals surface area contributed by atoms with E-state index in [2.05, 4.69) is 13.8 Å². The van der Waals surface area contributed by atoms with Crippen LogP contribution in [0.15, 0.2) is 24.3 Å². The van der Waals surface area contributed by atoms with E-state index in [1.54, 1.807) is 24.1 Å². The number of aromatic hydroxyl groups is 1. The van der Waals surface area contributed by atoms with Crippen molar-refractivity contribution >= 4 is 5.91 Å². The number of rotatable bonds is 7. The average molecular weight is 292 g/mol. The van der Waals surface area contributed by atoms with Gasteiger partial charge in [0.15, 0.2) is 0 Å². The summed E-state index contributed by atoms with van der Waals surface area (Å²) in [5.74, 6) is 1.05. The number of hydrogen-bond acceptors (Lipinski definition) is 3. The summed E-state index contributed by atoms with van der Waals surface area (Å²) in [6.07, 6.45) is 1.42. The SMILES string of the molecule is CC(C)CC(CN)CC(=O)N(C)C(C)c1ccccc1O. The largest absolute Gasteiger partial charge is 0.508 e. The third kappa shape index (κ3) is 5.05. The molecule has 0 bridgehead atoms. The predicted molar refractivity (Wildman–Crippen MR) is 85.9 cm³/mol. The van der Waals surface area contributed by atoms with E-state index in [4.69, 9.17) is 5.73 Å². The fourth-order valence-electron chi connectivity index (χ4n) is 2.59. The number of carbonyl (C=O) groups is 1. The number of amides is 1. The summed E-state index contributed by atoms with van der Waals surface area (Å²) in [5.41, 5.74) is 6.54. The van der Waals surface area contributed by atoms with E-state index in [9.17, 15) is 9.90 Å². The van der Waals surface area contributed by atoms with Crippen LogP contribution in [-0.2, 0) is 4.79 Å². The highest BCUT2D eigenvalue weighted by Crippen LogP contribution is 2.28. The first-order valence-electron chi connectivity index (χ1n) is 7.60. The van der Waals surface area contributed by atoms with Crippen LogP contribution in [0.5, 0.6) is 5.75 Å². The van der Waals surface area contributed by atoms with Crippen LogP contribution >= 0.6 is 0 Å². The van der Waals surface area contributed by atoms with E-state index >= 15 is 0 Å². The Balaban J connectivity index is 2.71. The van der Waals surface area contributed by atoms with Crippen molar-refractivity contribution in [2.75, 3.05) is 13.6 Å². The van der Waals surface area contributed by atoms with E-state index in [1.165, 1.54) is 0 Å². The van der Waals surface area contributed by atoms with Gasteiger partial charge in [-0.3, -0.25) is 4.79 Å². The number of benzene rings is 1. The van der Waals surface area contributed by atoms with Crippen molar-refractivity contribution in [1.29, 1.82) is 0 Å². The zero-order valence-corrected chi connectivity index (χ0v) is 13.5. The van der Waals surface area contributed by atoms with Gasteiger partial charge in [-0.15, -0.1) is 0 Å². The lowest BCUT2D eigenvalue weighted by Gasteiger charge is -2.28. The summed E-state index contributed by atoms with van der Waals surface area (Å²) in [6, 6.07) is 6.98. The first-order chi connectivity index (χ1) is 9.86. The number of phenols is 1. The molecule has 3 N–H and O–H groups in total. The molecule has 0 saturated carbocycles. The van der Waals surface area contributed by atoms with Crippen LogP contribution in [0, 0.1) is 11.8 Å². The van der Waals surface area contributed by atoms with Gasteiger partial charge in [0.05, 0.1) is 6.04 Å². The van der Waals surface area contributed by atoms with Crippen molar-refractivity contribution in [2.24, 2.45) is 17.6 Å². The molecule has 1 rings (SSSR count). The van der Waals surface area contributed by atoms with Crippen LogP contribution in [0.2, 0.25) is 0 Å². The maximum Gasteiger partial charge on any atom is 0.223 e. The average Bonchev–Trinajstić information content (AvgIpc) is 2.44. The molecular formula is C17H28N2O2. The summed E-state index contributed by atoms with van der Waals surface area (Å²) in [5, 5.41) is 9.90. The van der Waals surface area contributed by atoms with Crippen molar-refractivity contribution in [2.45, 2.75) is 39.7 Å². The smallest absolute Gasteiger partial charge is 0.223 e. The third-order valence-corrected chi connectivity index (χ3v) is 3.96. The fraction of sp³-hybridized carbons (Fsp3) is 0.588. The third-order valence-electron chi connectivity index (χ3n) is 3.96. The summed E-state index contributed by atoms with van der Waals surface area (Å²) in [4.78, 5) is 14.1. The second-order valence-electron chi connectivity index (χ2n) is 6.17. The molecule has 0 aliphatic carbocycles. The molecule has 0 fully saturated rings. The molecule has 0 spiro atoms. The number of para-hydroxylation sites is 1. The molecule has 2 atom stereocenters. The quantitative estimate of drug-likeness (QED) is 0.812. The Hall–Kier alpha value is -1.55. The Labute approximate surface area is 128 Å². The molecule has 118 valence electrons. The molecule has 0 heterocycles. The lowest BCUT2D eigenvalue weighted by molar-refractivity contribution is -0.132. The molecule has 21 heavy (non-hydrogen) atoms. The lowest BCUT2D eigenvalue weighted by atomic mass is 9.93. The highest BCUT2D eigenvalue weighted by atomic mass is 16.3. The van der Waals surface area contributed by atoms with E-state index in [-0.39, 0.29) is 23.6 Å². The Morgan fingerprint density at radius 3 is 2.43 bits per heavy atom. The minimum atomic E-state index is -0.156. The molecule has 0 aliphatic rings. The summed E-state index contributed by atoms with van der Waals surface area (Å²) in [7, 11) is 1.78. The molecule has 1 amide bonds. The van der Waals surface area contributed by atoms with Crippen molar-refractivity contribution < 1.29 is 9.90 Å². The fourth-order valence-corrected chi connectivity index (χ4v) is 2.59. The number of hydrogen-bond donors (Lipinski definition) is 2. The maximum atomic E-state index is 12.4. The maximum absolute atomic E-state index is 12.4. The standard InChI is InChI=1S/C17H28N2O2/c1-12(2)9-14(11-18)10-17(21)19(4)13(3)15-7-5-6-8-16(15)20/h5-8,12-14,20H,9-11,18H2,1-4H3. The van der Waals surface area contributed by atoms with Gasteiger partial charge in [-0.05, 0) is 37.8 Å². The van der Waals surface area contributed by atoms with Crippen LogP contribution in [0.4, 0.5) is 0 Å². The van der Waals surface area contributed by atoms with E-state index < -0.39 is 0 Å². The topological polar surface area (TPSA) is 66.6 Å². The first-order valence-corrected chi connectivity index (χ1v) is 7.60. The number of phenolic OH excluding ortho intramolecular Hbond substituents is 1. The molecule has 4 nitrogen and oxygen atoms in total. The number of carbonyl (C=O) groups excluding carboxylic acids is 1. The Morgan fingerprint density at radius 2 is 1.90 bits per heavy atom. The van der Waals surface area contributed by atoms with E-state index in [0.717, 1.165) is 12.0 Å². The van der Waals surface area contributed by atoms with Crippen LogP contribution < -0.4 is 5.73 Å². The van der Waals surface area contributed by atoms with Crippen LogP contribution in [0.3, 0.4) is 0 Å². The van der Waals surface area contributed by atoms with Gasteiger partial charge >= 0.3 is 0 Å². The summed E-state index contributed by atoms with van der Waals surface area (Å²) in [6.45, 7) is 6.73. The molecule has 0 saturated heterocycles. The summed E-state index contributed by atoms with van der Waals surface area (Å²) < 4.78 is 0. The highest BCUT2D eigenvalue weighted by molar-refractivity contribution is 5.76. The Morgan fingerprint density at radius 1 is 1.29 bits per heavy atom.